The number of benzene rings is 1. The summed E-state index contributed by atoms with van der Waals surface area (Å²) < 4.78 is 68.8. The molecule has 1 unspecified atom stereocenters. The molecule has 90 valence electrons. The molecule has 0 amide bonds. The van der Waals surface area contributed by atoms with Crippen molar-refractivity contribution in [2.24, 2.45) is 0 Å². The van der Waals surface area contributed by atoms with Crippen LogP contribution < -0.4 is 0 Å². The topological polar surface area (TPSA) is 57.2 Å². The van der Waals surface area contributed by atoms with E-state index >= 15 is 0 Å². The lowest BCUT2D eigenvalue weighted by Gasteiger charge is -2.21. The number of halogens is 3. The lowest BCUT2D eigenvalue weighted by atomic mass is 10.0. The Morgan fingerprint density at radius 1 is 1.19 bits per heavy atom. The van der Waals surface area contributed by atoms with Crippen LogP contribution in [0.15, 0.2) is 30.3 Å². The average Bonchev–Trinajstić information content (AvgIpc) is 2.13. The number of rotatable bonds is 3. The summed E-state index contributed by atoms with van der Waals surface area (Å²) in [6.07, 6.45) is -4.75. The summed E-state index contributed by atoms with van der Waals surface area (Å²) >= 11 is 0. The van der Waals surface area contributed by atoms with E-state index in [1.165, 1.54) is 18.2 Å². The van der Waals surface area contributed by atoms with Crippen LogP contribution in [0.3, 0.4) is 0 Å². The van der Waals surface area contributed by atoms with Gasteiger partial charge in [0.15, 0.2) is 0 Å². The molecule has 0 heterocycles. The Morgan fingerprint density at radius 3 is 2.06 bits per heavy atom. The number of alkyl halides is 3. The summed E-state index contributed by atoms with van der Waals surface area (Å²) in [6.45, 7) is 0. The second kappa shape index (κ2) is 4.42. The Hall–Kier alpha value is -1.08. The van der Waals surface area contributed by atoms with Gasteiger partial charge in [-0.3, -0.25) is 0 Å². The van der Waals surface area contributed by atoms with Crippen LogP contribution in [0.1, 0.15) is 11.5 Å². The Balaban J connectivity index is 3.08. The zero-order chi connectivity index (χ0) is 12.4. The molecule has 0 aliphatic heterocycles. The van der Waals surface area contributed by atoms with Crippen molar-refractivity contribution >= 4 is 10.1 Å². The van der Waals surface area contributed by atoms with Crippen molar-refractivity contribution in [2.75, 3.05) is 5.75 Å². The Labute approximate surface area is 90.7 Å². The molecule has 7 heteroatoms. The van der Waals surface area contributed by atoms with Crippen LogP contribution in [-0.2, 0) is 10.1 Å². The van der Waals surface area contributed by atoms with Gasteiger partial charge in [-0.1, -0.05) is 30.3 Å². The van der Waals surface area contributed by atoms with Crippen LogP contribution in [0.5, 0.6) is 0 Å². The maximum atomic E-state index is 12.5. The molecule has 0 N–H and O–H groups in total. The first-order valence-electron chi connectivity index (χ1n) is 4.25. The van der Waals surface area contributed by atoms with Gasteiger partial charge in [-0.25, -0.2) is 8.42 Å². The highest BCUT2D eigenvalue weighted by molar-refractivity contribution is 7.85. The first kappa shape index (κ1) is 13.0. The fourth-order valence-electron chi connectivity index (χ4n) is 1.27. The van der Waals surface area contributed by atoms with Gasteiger partial charge in [0.2, 0.25) is 0 Å². The molecule has 0 radical (unpaired) electrons. The van der Waals surface area contributed by atoms with Crippen molar-refractivity contribution in [3.05, 3.63) is 35.9 Å². The van der Waals surface area contributed by atoms with Crippen LogP contribution in [0.25, 0.3) is 0 Å². The summed E-state index contributed by atoms with van der Waals surface area (Å²) in [6, 6.07) is 6.49. The van der Waals surface area contributed by atoms with E-state index in [2.05, 4.69) is 0 Å². The standard InChI is InChI=1S/C9H9F3O3S/c10-9(11,12)8(6-16(13,14)15)7-4-2-1-3-5-7/h1-5,8H,6H2,(H,13,14,15)/p-1. The molecule has 0 spiro atoms. The molecule has 0 bridgehead atoms. The highest BCUT2D eigenvalue weighted by Gasteiger charge is 2.41. The van der Waals surface area contributed by atoms with Crippen LogP contribution >= 0.6 is 0 Å². The van der Waals surface area contributed by atoms with Crippen LogP contribution in [0.4, 0.5) is 13.2 Å². The van der Waals surface area contributed by atoms with Crippen molar-refractivity contribution in [1.29, 1.82) is 0 Å². The van der Waals surface area contributed by atoms with Gasteiger partial charge < -0.3 is 4.55 Å². The zero-order valence-corrected chi connectivity index (χ0v) is 8.75. The van der Waals surface area contributed by atoms with Crippen LogP contribution in [0.2, 0.25) is 0 Å². The first-order chi connectivity index (χ1) is 7.20. The minimum absolute atomic E-state index is 0.227. The summed E-state index contributed by atoms with van der Waals surface area (Å²) in [5, 5.41) is 0. The van der Waals surface area contributed by atoms with Gasteiger partial charge in [-0.05, 0) is 5.56 Å². The van der Waals surface area contributed by atoms with E-state index in [0.717, 1.165) is 12.1 Å². The quantitative estimate of drug-likeness (QED) is 0.773. The van der Waals surface area contributed by atoms with Crippen molar-refractivity contribution in [2.45, 2.75) is 12.1 Å². The maximum Gasteiger partial charge on any atom is 0.396 e. The smallest absolute Gasteiger partial charge is 0.396 e. The molecule has 1 aromatic carbocycles. The maximum absolute atomic E-state index is 12.5. The Morgan fingerprint density at radius 2 is 1.69 bits per heavy atom. The fraction of sp³-hybridized carbons (Fsp3) is 0.333. The van der Waals surface area contributed by atoms with E-state index in [4.69, 9.17) is 0 Å². The molecule has 1 rings (SSSR count). The van der Waals surface area contributed by atoms with Crippen LogP contribution in [-0.4, -0.2) is 24.9 Å². The normalized spacial score (nSPS) is 14.8. The third-order valence-electron chi connectivity index (χ3n) is 1.97. The van der Waals surface area contributed by atoms with Gasteiger partial charge in [0, 0.05) is 0 Å². The molecule has 0 fully saturated rings. The average molecular weight is 253 g/mol. The minimum atomic E-state index is -4.92. The summed E-state index contributed by atoms with van der Waals surface area (Å²) in [7, 11) is -4.92. The largest absolute Gasteiger partial charge is 0.748 e. The SMILES string of the molecule is O=S(=O)([O-])CC(c1ccccc1)C(F)(F)F. The summed E-state index contributed by atoms with van der Waals surface area (Å²) in [5.41, 5.74) is -0.227. The van der Waals surface area contributed by atoms with E-state index in [0.29, 0.717) is 0 Å². The molecule has 3 nitrogen and oxygen atoms in total. The number of hydrogen-bond donors (Lipinski definition) is 0. The third-order valence-corrected chi connectivity index (χ3v) is 2.71. The number of hydrogen-bond acceptors (Lipinski definition) is 3. The van der Waals surface area contributed by atoms with E-state index in [1.807, 2.05) is 0 Å². The predicted octanol–water partition coefficient (Wildman–Crippen LogP) is 1.88. The Kier molecular flexibility index (Phi) is 3.59. The van der Waals surface area contributed by atoms with Gasteiger partial charge in [0.05, 0.1) is 21.8 Å². The highest BCUT2D eigenvalue weighted by atomic mass is 32.2. The first-order valence-corrected chi connectivity index (χ1v) is 5.83. The molecule has 0 saturated carbocycles. The van der Waals surface area contributed by atoms with Crippen molar-refractivity contribution in [1.82, 2.24) is 0 Å². The van der Waals surface area contributed by atoms with Crippen molar-refractivity contribution in [3.8, 4) is 0 Å². The van der Waals surface area contributed by atoms with Crippen LogP contribution in [0, 0.1) is 0 Å². The minimum Gasteiger partial charge on any atom is -0.748 e. The van der Waals surface area contributed by atoms with E-state index in [1.54, 1.807) is 0 Å². The van der Waals surface area contributed by atoms with Crippen molar-refractivity contribution in [3.63, 3.8) is 0 Å². The molecule has 0 aliphatic carbocycles. The molecular formula is C9H8F3O3S-. The molecule has 0 saturated heterocycles. The van der Waals surface area contributed by atoms with Gasteiger partial charge in [0.1, 0.15) is 0 Å². The predicted molar refractivity (Wildman–Crippen MR) is 49.8 cm³/mol. The van der Waals surface area contributed by atoms with Crippen molar-refractivity contribution < 1.29 is 26.1 Å². The zero-order valence-electron chi connectivity index (χ0n) is 7.94. The molecule has 16 heavy (non-hydrogen) atoms. The summed E-state index contributed by atoms with van der Waals surface area (Å²) in [4.78, 5) is 0. The second-order valence-corrected chi connectivity index (χ2v) is 4.68. The van der Waals surface area contributed by atoms with Gasteiger partial charge in [-0.15, -0.1) is 0 Å². The monoisotopic (exact) mass is 253 g/mol. The van der Waals surface area contributed by atoms with E-state index in [-0.39, 0.29) is 5.56 Å². The lowest BCUT2D eigenvalue weighted by Crippen LogP contribution is -2.27. The van der Waals surface area contributed by atoms with Gasteiger partial charge in [-0.2, -0.15) is 13.2 Å². The van der Waals surface area contributed by atoms with Gasteiger partial charge >= 0.3 is 6.18 Å². The molecule has 1 atom stereocenters. The van der Waals surface area contributed by atoms with E-state index in [9.17, 15) is 26.1 Å². The molecular weight excluding hydrogens is 245 g/mol. The highest BCUT2D eigenvalue weighted by Crippen LogP contribution is 2.35. The van der Waals surface area contributed by atoms with Gasteiger partial charge in [0.25, 0.3) is 0 Å². The van der Waals surface area contributed by atoms with E-state index < -0.39 is 28.0 Å². The lowest BCUT2D eigenvalue weighted by molar-refractivity contribution is -0.145. The Bertz CT molecular complexity index is 439. The third kappa shape index (κ3) is 3.82. The molecule has 0 aromatic heterocycles. The molecule has 1 aromatic rings. The summed E-state index contributed by atoms with van der Waals surface area (Å²) in [5.74, 6) is -3.74. The fourth-order valence-corrected chi connectivity index (χ4v) is 2.06. The second-order valence-electron chi connectivity index (χ2n) is 3.23. The molecule has 0 aliphatic rings.